The Morgan fingerprint density at radius 2 is 1.62 bits per heavy atom. The Kier molecular flexibility index (Phi) is 9.62. The van der Waals surface area contributed by atoms with Gasteiger partial charge in [0.1, 0.15) is 34.6 Å². The highest BCUT2D eigenvalue weighted by atomic mass is 35.5. The lowest BCUT2D eigenvalue weighted by Gasteiger charge is -2.37. The second-order valence-corrected chi connectivity index (χ2v) is 14.4. The number of aromatic nitrogens is 1. The zero-order valence-corrected chi connectivity index (χ0v) is 28.5. The van der Waals surface area contributed by atoms with Crippen molar-refractivity contribution in [2.75, 3.05) is 32.7 Å². The number of carbonyl (C=O) groups excluding carboxylic acids is 2. The molecule has 3 heterocycles. The molecule has 0 radical (unpaired) electrons. The summed E-state index contributed by atoms with van der Waals surface area (Å²) in [5.41, 5.74) is 8.29. The molecule has 14 heteroatoms. The van der Waals surface area contributed by atoms with Gasteiger partial charge in [-0.15, -0.1) is 0 Å². The number of nitrogens with two attached hydrogens (primary N) is 1. The van der Waals surface area contributed by atoms with Crippen molar-refractivity contribution in [1.82, 2.24) is 19.1 Å². The number of nitrogens with one attached hydrogen (secondary N) is 1. The van der Waals surface area contributed by atoms with Crippen LogP contribution >= 0.6 is 23.2 Å². The maximum atomic E-state index is 14.1. The molecule has 2 saturated heterocycles. The van der Waals surface area contributed by atoms with Gasteiger partial charge in [0, 0.05) is 65.5 Å². The number of pyridine rings is 1. The topological polar surface area (TPSA) is 150 Å². The molecule has 2 aliphatic heterocycles. The Balaban J connectivity index is 1.15. The normalized spacial score (nSPS) is 17.1. The number of fused-ring (bicyclic) bond motifs is 1. The van der Waals surface area contributed by atoms with E-state index in [1.165, 1.54) is 16.4 Å². The van der Waals surface area contributed by atoms with Gasteiger partial charge in [0.2, 0.25) is 15.9 Å². The van der Waals surface area contributed by atoms with Crippen molar-refractivity contribution in [1.29, 1.82) is 5.41 Å². The van der Waals surface area contributed by atoms with Crippen LogP contribution < -0.4 is 10.5 Å². The van der Waals surface area contributed by atoms with Crippen molar-refractivity contribution in [3.8, 4) is 5.75 Å². The molecule has 250 valence electrons. The Bertz CT molecular complexity index is 2020. The predicted molar refractivity (Wildman–Crippen MR) is 184 cm³/mol. The molecule has 1 atom stereocenters. The predicted octanol–water partition coefficient (Wildman–Crippen LogP) is 4.85. The molecule has 0 aliphatic carbocycles. The Morgan fingerprint density at radius 3 is 2.33 bits per heavy atom. The van der Waals surface area contributed by atoms with Crippen LogP contribution in [0.15, 0.2) is 71.6 Å². The lowest BCUT2D eigenvalue weighted by Crippen LogP contribution is -2.55. The zero-order chi connectivity index (χ0) is 34.2. The van der Waals surface area contributed by atoms with Gasteiger partial charge in [0.15, 0.2) is 0 Å². The van der Waals surface area contributed by atoms with Crippen molar-refractivity contribution in [3.05, 3.63) is 99.2 Å². The number of hydrogen-bond donors (Lipinski definition) is 2. The van der Waals surface area contributed by atoms with Crippen LogP contribution in [0.2, 0.25) is 10.0 Å². The summed E-state index contributed by atoms with van der Waals surface area (Å²) in [5.74, 6) is -0.0660. The molecule has 11 nitrogen and oxygen atoms in total. The summed E-state index contributed by atoms with van der Waals surface area (Å²) in [7, 11) is -4.20. The number of piperazine rings is 1. The molecular formula is C34H34Cl2N6O5S. The van der Waals surface area contributed by atoms with Gasteiger partial charge in [-0.1, -0.05) is 53.5 Å². The minimum Gasteiger partial charge on any atom is -0.487 e. The van der Waals surface area contributed by atoms with Gasteiger partial charge in [0.25, 0.3) is 5.91 Å². The monoisotopic (exact) mass is 708 g/mol. The van der Waals surface area contributed by atoms with Crippen LogP contribution in [0.1, 0.15) is 40.0 Å². The zero-order valence-electron chi connectivity index (χ0n) is 26.2. The highest BCUT2D eigenvalue weighted by molar-refractivity contribution is 7.89. The number of nitrogens with zero attached hydrogens (tertiary/aromatic N) is 4. The fourth-order valence-corrected chi connectivity index (χ4v) is 8.62. The second-order valence-electron chi connectivity index (χ2n) is 11.8. The van der Waals surface area contributed by atoms with E-state index < -0.39 is 16.1 Å². The van der Waals surface area contributed by atoms with E-state index in [4.69, 9.17) is 39.1 Å². The van der Waals surface area contributed by atoms with Gasteiger partial charge in [-0.2, -0.15) is 4.31 Å². The van der Waals surface area contributed by atoms with Crippen LogP contribution in [0.5, 0.6) is 5.75 Å². The second kappa shape index (κ2) is 13.7. The molecule has 48 heavy (non-hydrogen) atoms. The third-order valence-corrected chi connectivity index (χ3v) is 11.6. The van der Waals surface area contributed by atoms with Crippen LogP contribution in [-0.2, 0) is 21.4 Å². The van der Waals surface area contributed by atoms with E-state index in [1.807, 2.05) is 31.2 Å². The van der Waals surface area contributed by atoms with Crippen molar-refractivity contribution in [3.63, 3.8) is 0 Å². The average molecular weight is 710 g/mol. The lowest BCUT2D eigenvalue weighted by molar-refractivity contribution is -0.136. The van der Waals surface area contributed by atoms with Crippen LogP contribution in [0, 0.1) is 12.3 Å². The fourth-order valence-electron chi connectivity index (χ4n) is 6.11. The highest BCUT2D eigenvalue weighted by Gasteiger charge is 2.43. The standard InChI is InChI=1S/C34H34Cl2N6O5S/c1-21-7-8-22-4-2-6-28(31(22)39-21)47-20-25-26(35)13-14-29(30(25)36)48(45,46)42-15-3-5-27(42)34(44)41-18-16-40(17-19-41)33(43)24-11-9-23(10-12-24)32(37)38/h2,4,6-14,27H,3,5,15-20H2,1H3,(H3,37,38). The number of halogens is 2. The number of amidine groups is 1. The largest absolute Gasteiger partial charge is 0.487 e. The lowest BCUT2D eigenvalue weighted by atomic mass is 10.1. The first-order chi connectivity index (χ1) is 23.0. The Hall–Kier alpha value is -4.23. The molecule has 3 N–H and O–H groups in total. The van der Waals surface area contributed by atoms with Crippen LogP contribution in [0.3, 0.4) is 0 Å². The van der Waals surface area contributed by atoms with Crippen LogP contribution in [-0.4, -0.2) is 83.9 Å². The maximum absolute atomic E-state index is 14.1. The molecule has 4 aromatic rings. The third kappa shape index (κ3) is 6.57. The van der Waals surface area contributed by atoms with Gasteiger partial charge in [-0.3, -0.25) is 15.0 Å². The molecule has 2 aliphatic rings. The fraction of sp³-hybridized carbons (Fsp3) is 0.294. The maximum Gasteiger partial charge on any atom is 0.253 e. The third-order valence-electron chi connectivity index (χ3n) is 8.74. The van der Waals surface area contributed by atoms with Crippen molar-refractivity contribution in [2.24, 2.45) is 5.73 Å². The summed E-state index contributed by atoms with van der Waals surface area (Å²) < 4.78 is 35.4. The van der Waals surface area contributed by atoms with Crippen molar-refractivity contribution >= 4 is 61.8 Å². The van der Waals surface area contributed by atoms with Gasteiger partial charge >= 0.3 is 0 Å². The van der Waals surface area contributed by atoms with Crippen LogP contribution in [0.4, 0.5) is 0 Å². The van der Waals surface area contributed by atoms with Crippen molar-refractivity contribution < 1.29 is 22.7 Å². The molecule has 0 spiro atoms. The van der Waals surface area contributed by atoms with Crippen molar-refractivity contribution in [2.45, 2.75) is 37.3 Å². The molecule has 6 rings (SSSR count). The number of sulfonamides is 1. The van der Waals surface area contributed by atoms with Gasteiger partial charge in [0.05, 0.1) is 5.02 Å². The number of hydrogen-bond acceptors (Lipinski definition) is 7. The summed E-state index contributed by atoms with van der Waals surface area (Å²) >= 11 is 13.3. The molecule has 2 fully saturated rings. The molecule has 1 aromatic heterocycles. The number of nitrogen functional groups attached to an aromatic ring is 1. The minimum absolute atomic E-state index is 0.0616. The molecule has 2 amide bonds. The average Bonchev–Trinajstić information content (AvgIpc) is 3.59. The molecule has 3 aromatic carbocycles. The van der Waals surface area contributed by atoms with E-state index in [1.54, 1.807) is 40.1 Å². The Morgan fingerprint density at radius 1 is 0.938 bits per heavy atom. The number of aryl methyl sites for hydroxylation is 1. The number of para-hydroxylation sites is 1. The van der Waals surface area contributed by atoms with E-state index in [-0.39, 0.29) is 58.8 Å². The van der Waals surface area contributed by atoms with E-state index in [0.717, 1.165) is 11.1 Å². The first kappa shape index (κ1) is 33.7. The number of carbonyl (C=O) groups is 2. The number of amides is 2. The Labute approximate surface area is 288 Å². The summed E-state index contributed by atoms with van der Waals surface area (Å²) in [6.45, 7) is 3.10. The number of rotatable bonds is 8. The number of ether oxygens (including phenoxy) is 1. The molecule has 1 unspecified atom stereocenters. The molecular weight excluding hydrogens is 675 g/mol. The van der Waals surface area contributed by atoms with E-state index in [2.05, 4.69) is 4.98 Å². The quantitative estimate of drug-likeness (QED) is 0.196. The van der Waals surface area contributed by atoms with Gasteiger partial charge in [-0.05, 0) is 56.2 Å². The SMILES string of the molecule is Cc1ccc2cccc(OCc3c(Cl)ccc(S(=O)(=O)N4CCCC4C(=O)N4CCN(C(=O)c5ccc(C(=N)N)cc5)CC4)c3Cl)c2n1. The smallest absolute Gasteiger partial charge is 0.253 e. The van der Waals surface area contributed by atoms with Gasteiger partial charge < -0.3 is 20.3 Å². The molecule has 0 saturated carbocycles. The summed E-state index contributed by atoms with van der Waals surface area (Å²) in [5, 5.41) is 8.61. The van der Waals surface area contributed by atoms with Crippen LogP contribution in [0.25, 0.3) is 10.9 Å². The first-order valence-electron chi connectivity index (χ1n) is 15.5. The van der Waals surface area contributed by atoms with Gasteiger partial charge in [-0.25, -0.2) is 13.4 Å². The highest BCUT2D eigenvalue weighted by Crippen LogP contribution is 2.37. The van der Waals surface area contributed by atoms with E-state index >= 15 is 0 Å². The summed E-state index contributed by atoms with van der Waals surface area (Å²) in [6.07, 6.45) is 0.882. The van der Waals surface area contributed by atoms with E-state index in [0.29, 0.717) is 53.9 Å². The minimum atomic E-state index is -4.20. The summed E-state index contributed by atoms with van der Waals surface area (Å²) in [6, 6.07) is 17.8. The number of benzene rings is 3. The summed E-state index contributed by atoms with van der Waals surface area (Å²) in [4.78, 5) is 34.5. The van der Waals surface area contributed by atoms with E-state index in [9.17, 15) is 18.0 Å². The first-order valence-corrected chi connectivity index (χ1v) is 17.7. The molecule has 0 bridgehead atoms.